The first-order chi connectivity index (χ1) is 22.7. The number of carbonyl (C=O) groups excluding carboxylic acids is 1. The Bertz CT molecular complexity index is 1540. The molecule has 2 fully saturated rings. The van der Waals surface area contributed by atoms with Crippen molar-refractivity contribution in [2.24, 2.45) is 17.6 Å². The number of nitrogens with zero attached hydrogens (tertiary/aromatic N) is 4. The van der Waals surface area contributed by atoms with Crippen molar-refractivity contribution in [1.82, 2.24) is 25.3 Å². The molecule has 11 heteroatoms. The SMILES string of the molecule is CCOc1ncc([C@H](C)N)cn1.CCOc1ncc([C@H](C)NC(=O)[C@H]2C[C@@H]2c2ccccc2)cn1.O=C(O)[C@H]1C[C@@H]1c1ccccc1. The second-order valence-electron chi connectivity index (χ2n) is 11.5. The molecule has 0 spiro atoms. The molecule has 11 nitrogen and oxygen atoms in total. The monoisotopic (exact) mass is 640 g/mol. The van der Waals surface area contributed by atoms with Crippen molar-refractivity contribution in [2.75, 3.05) is 13.2 Å². The molecule has 2 aromatic heterocycles. The molecule has 6 atom stereocenters. The average Bonchev–Trinajstić information content (AvgIpc) is 4.02. The van der Waals surface area contributed by atoms with Gasteiger partial charge in [-0.1, -0.05) is 60.7 Å². The minimum Gasteiger partial charge on any atom is -0.481 e. The summed E-state index contributed by atoms with van der Waals surface area (Å²) in [5.41, 5.74) is 9.80. The number of hydrogen-bond acceptors (Lipinski definition) is 9. The van der Waals surface area contributed by atoms with Gasteiger partial charge in [0, 0.05) is 47.9 Å². The van der Waals surface area contributed by atoms with Gasteiger partial charge in [0.1, 0.15) is 0 Å². The number of carbonyl (C=O) groups is 2. The quantitative estimate of drug-likeness (QED) is 0.187. The Morgan fingerprint density at radius 3 is 1.60 bits per heavy atom. The van der Waals surface area contributed by atoms with E-state index in [1.165, 1.54) is 5.56 Å². The van der Waals surface area contributed by atoms with E-state index in [-0.39, 0.29) is 35.7 Å². The summed E-state index contributed by atoms with van der Waals surface area (Å²) < 4.78 is 10.3. The molecule has 2 aliphatic carbocycles. The summed E-state index contributed by atoms with van der Waals surface area (Å²) >= 11 is 0. The number of hydrogen-bond donors (Lipinski definition) is 3. The lowest BCUT2D eigenvalue weighted by atomic mass is 10.1. The maximum Gasteiger partial charge on any atom is 0.316 e. The Balaban J connectivity index is 0.000000176. The summed E-state index contributed by atoms with van der Waals surface area (Å²) in [7, 11) is 0. The molecule has 0 aliphatic heterocycles. The van der Waals surface area contributed by atoms with Gasteiger partial charge in [0.2, 0.25) is 5.91 Å². The molecular formula is C36H44N6O5. The van der Waals surface area contributed by atoms with Crippen LogP contribution in [0.3, 0.4) is 0 Å². The van der Waals surface area contributed by atoms with Crippen LogP contribution in [0.1, 0.15) is 86.7 Å². The molecule has 6 rings (SSSR count). The van der Waals surface area contributed by atoms with Crippen molar-refractivity contribution in [1.29, 1.82) is 0 Å². The predicted molar refractivity (Wildman–Crippen MR) is 178 cm³/mol. The zero-order valence-corrected chi connectivity index (χ0v) is 27.3. The molecule has 248 valence electrons. The highest BCUT2D eigenvalue weighted by molar-refractivity contribution is 5.83. The summed E-state index contributed by atoms with van der Waals surface area (Å²) in [6.07, 6.45) is 8.49. The summed E-state index contributed by atoms with van der Waals surface area (Å²) in [6.45, 7) is 8.73. The van der Waals surface area contributed by atoms with Gasteiger partial charge < -0.3 is 25.6 Å². The maximum absolute atomic E-state index is 12.4. The van der Waals surface area contributed by atoms with Gasteiger partial charge in [-0.3, -0.25) is 9.59 Å². The largest absolute Gasteiger partial charge is 0.481 e. The second kappa shape index (κ2) is 17.1. The van der Waals surface area contributed by atoms with Crippen LogP contribution in [0.15, 0.2) is 85.5 Å². The van der Waals surface area contributed by atoms with Crippen molar-refractivity contribution in [3.05, 3.63) is 108 Å². The Kier molecular flexibility index (Phi) is 12.7. The lowest BCUT2D eigenvalue weighted by molar-refractivity contribution is -0.138. The van der Waals surface area contributed by atoms with Gasteiger partial charge in [0.15, 0.2) is 0 Å². The summed E-state index contributed by atoms with van der Waals surface area (Å²) in [4.78, 5) is 39.1. The zero-order valence-electron chi connectivity index (χ0n) is 27.3. The zero-order chi connectivity index (χ0) is 33.8. The lowest BCUT2D eigenvalue weighted by Gasteiger charge is -2.14. The molecule has 2 aliphatic rings. The topological polar surface area (TPSA) is 162 Å². The highest BCUT2D eigenvalue weighted by Crippen LogP contribution is 2.48. The van der Waals surface area contributed by atoms with Crippen molar-refractivity contribution in [2.45, 2.75) is 64.5 Å². The van der Waals surface area contributed by atoms with E-state index in [1.807, 2.05) is 76.2 Å². The molecule has 1 amide bonds. The number of nitrogens with one attached hydrogen (secondary N) is 1. The molecule has 0 radical (unpaired) electrons. The van der Waals surface area contributed by atoms with Crippen molar-refractivity contribution in [3.8, 4) is 12.0 Å². The van der Waals surface area contributed by atoms with Crippen LogP contribution in [0, 0.1) is 11.8 Å². The fourth-order valence-corrected chi connectivity index (χ4v) is 5.01. The minimum atomic E-state index is -0.663. The number of aromatic nitrogens is 4. The molecule has 47 heavy (non-hydrogen) atoms. The molecule has 2 saturated carbocycles. The Labute approximate surface area is 276 Å². The van der Waals surface area contributed by atoms with Crippen molar-refractivity contribution in [3.63, 3.8) is 0 Å². The standard InChI is InChI=1S/C18H21N3O2.C10H10O2.C8H13N3O/c1-3-23-18-19-10-14(11-20-18)12(2)21-17(22)16-9-15(16)13-7-5-4-6-8-13;11-10(12)9-6-8(9)7-4-2-1-3-5-7;1-3-12-8-10-4-7(5-11-8)6(2)9/h4-8,10-12,15-16H,3,9H2,1-2H3,(H,21,22);1-5,8-9H,6H2,(H,11,12);4-6H,3,9H2,1-2H3/t12-,15+,16-;8-,9+;6-/m010/s1. The number of ether oxygens (including phenoxy) is 2. The highest BCUT2D eigenvalue weighted by atomic mass is 16.5. The molecule has 2 aromatic carbocycles. The van der Waals surface area contributed by atoms with E-state index >= 15 is 0 Å². The van der Waals surface area contributed by atoms with Gasteiger partial charge in [-0.15, -0.1) is 0 Å². The summed E-state index contributed by atoms with van der Waals surface area (Å²) in [6, 6.07) is 20.7. The molecule has 0 saturated heterocycles. The van der Waals surface area contributed by atoms with E-state index in [0.29, 0.717) is 31.2 Å². The van der Waals surface area contributed by atoms with Crippen molar-refractivity contribution >= 4 is 11.9 Å². The van der Waals surface area contributed by atoms with Gasteiger partial charge in [0.05, 0.1) is 25.2 Å². The summed E-state index contributed by atoms with van der Waals surface area (Å²) in [5, 5.41) is 11.7. The number of benzene rings is 2. The van der Waals surface area contributed by atoms with Gasteiger partial charge in [-0.05, 0) is 63.5 Å². The first-order valence-electron chi connectivity index (χ1n) is 16.0. The van der Waals surface area contributed by atoms with E-state index < -0.39 is 5.97 Å². The van der Waals surface area contributed by atoms with Crippen molar-refractivity contribution < 1.29 is 24.2 Å². The summed E-state index contributed by atoms with van der Waals surface area (Å²) in [5.74, 6) is -0.0105. The highest BCUT2D eigenvalue weighted by Gasteiger charge is 2.44. The van der Waals surface area contributed by atoms with Crippen LogP contribution in [-0.4, -0.2) is 50.1 Å². The second-order valence-corrected chi connectivity index (χ2v) is 11.5. The maximum atomic E-state index is 12.4. The average molecular weight is 641 g/mol. The molecule has 0 bridgehead atoms. The Morgan fingerprint density at radius 1 is 0.766 bits per heavy atom. The third kappa shape index (κ3) is 10.6. The molecule has 4 N–H and O–H groups in total. The van der Waals surface area contributed by atoms with E-state index in [9.17, 15) is 9.59 Å². The first-order valence-corrected chi connectivity index (χ1v) is 16.0. The van der Waals surface area contributed by atoms with Crippen LogP contribution in [0.4, 0.5) is 0 Å². The fourth-order valence-electron chi connectivity index (χ4n) is 5.01. The predicted octanol–water partition coefficient (Wildman–Crippen LogP) is 5.63. The number of carboxylic acids is 1. The molecule has 0 unspecified atom stereocenters. The van der Waals surface area contributed by atoms with Gasteiger partial charge >= 0.3 is 18.0 Å². The lowest BCUT2D eigenvalue weighted by Crippen LogP contribution is -2.28. The van der Waals surface area contributed by atoms with Gasteiger partial charge in [-0.2, -0.15) is 0 Å². The Morgan fingerprint density at radius 2 is 1.19 bits per heavy atom. The number of rotatable bonds is 11. The fraction of sp³-hybridized carbons (Fsp3) is 0.389. The first kappa shape index (κ1) is 35.0. The normalized spacial score (nSPS) is 20.1. The third-order valence-corrected chi connectivity index (χ3v) is 7.92. The number of aliphatic carboxylic acids is 1. The van der Waals surface area contributed by atoms with Gasteiger partial charge in [-0.25, -0.2) is 19.9 Å². The van der Waals surface area contributed by atoms with Crippen LogP contribution in [0.5, 0.6) is 12.0 Å². The number of amides is 1. The van der Waals surface area contributed by atoms with Crippen LogP contribution < -0.4 is 20.5 Å². The van der Waals surface area contributed by atoms with Crippen LogP contribution >= 0.6 is 0 Å². The van der Waals surface area contributed by atoms with E-state index in [2.05, 4.69) is 37.4 Å². The molecule has 4 aromatic rings. The Hall–Kier alpha value is -4.90. The number of carboxylic acid groups (broad SMARTS) is 1. The molecule has 2 heterocycles. The van der Waals surface area contributed by atoms with Crippen LogP contribution in [0.25, 0.3) is 0 Å². The minimum absolute atomic E-state index is 0.0272. The van der Waals surface area contributed by atoms with E-state index in [4.69, 9.17) is 20.3 Å². The van der Waals surface area contributed by atoms with E-state index in [0.717, 1.165) is 29.5 Å². The molecular weight excluding hydrogens is 596 g/mol. The van der Waals surface area contributed by atoms with Gasteiger partial charge in [0.25, 0.3) is 0 Å². The van der Waals surface area contributed by atoms with Crippen LogP contribution in [0.2, 0.25) is 0 Å². The number of nitrogens with two attached hydrogens (primary N) is 1. The smallest absolute Gasteiger partial charge is 0.316 e. The third-order valence-electron chi connectivity index (χ3n) is 7.92. The van der Waals surface area contributed by atoms with Crippen LogP contribution in [-0.2, 0) is 9.59 Å². The van der Waals surface area contributed by atoms with E-state index in [1.54, 1.807) is 24.8 Å².